The molecule has 1 aromatic heterocycles. The molecule has 0 aliphatic rings. The molecule has 0 bridgehead atoms. The average molecular weight is 316 g/mol. The Morgan fingerprint density at radius 2 is 1.71 bits per heavy atom. The first-order valence-corrected chi connectivity index (χ1v) is 7.89. The Labute approximate surface area is 121 Å². The van der Waals surface area contributed by atoms with Gasteiger partial charge in [-0.3, -0.25) is 19.1 Å². The van der Waals surface area contributed by atoms with Crippen molar-refractivity contribution in [3.63, 3.8) is 0 Å². The minimum Gasteiger partial charge on any atom is -0.481 e. The zero-order chi connectivity index (χ0) is 16.0. The van der Waals surface area contributed by atoms with Crippen LogP contribution in [0.25, 0.3) is 0 Å². The summed E-state index contributed by atoms with van der Waals surface area (Å²) in [5.41, 5.74) is -0.265. The average Bonchev–Trinajstić information content (AvgIpc) is 2.36. The normalized spacial score (nSPS) is 15.4. The molecule has 1 heterocycles. The Morgan fingerprint density at radius 3 is 2.14 bits per heavy atom. The Morgan fingerprint density at radius 1 is 1.24 bits per heavy atom. The first kappa shape index (κ1) is 17.3. The molecule has 0 amide bonds. The van der Waals surface area contributed by atoms with Gasteiger partial charge in [0, 0.05) is 18.4 Å². The summed E-state index contributed by atoms with van der Waals surface area (Å²) in [6, 6.07) is 2.01. The molecule has 1 rings (SSSR count). The number of aromatic nitrogens is 1. The third-order valence-electron chi connectivity index (χ3n) is 2.92. The maximum Gasteiger partial charge on any atom is 0.304 e. The molecule has 2 atom stereocenters. The number of aliphatic carboxylic acids is 2. The van der Waals surface area contributed by atoms with Gasteiger partial charge in [0.2, 0.25) is 0 Å². The van der Waals surface area contributed by atoms with E-state index in [1.54, 1.807) is 12.1 Å². The van der Waals surface area contributed by atoms with Crippen LogP contribution in [0.3, 0.4) is 0 Å². The maximum absolute atomic E-state index is 12.3. The van der Waals surface area contributed by atoms with Gasteiger partial charge in [-0.25, -0.2) is 5.09 Å². The quantitative estimate of drug-likeness (QED) is 0.526. The van der Waals surface area contributed by atoms with E-state index in [2.05, 4.69) is 10.1 Å². The molecular formula is C12H17N2O6P. The van der Waals surface area contributed by atoms with Crippen molar-refractivity contribution in [1.82, 2.24) is 10.1 Å². The molecule has 0 aliphatic heterocycles. The molecular weight excluding hydrogens is 299 g/mol. The van der Waals surface area contributed by atoms with Gasteiger partial charge in [-0.2, -0.15) is 0 Å². The lowest BCUT2D eigenvalue weighted by molar-refractivity contribution is -0.139. The van der Waals surface area contributed by atoms with Crippen LogP contribution in [-0.2, 0) is 14.2 Å². The Kier molecular flexibility index (Phi) is 6.02. The molecule has 116 valence electrons. The van der Waals surface area contributed by atoms with Gasteiger partial charge in [0.25, 0.3) is 7.52 Å². The molecule has 8 nitrogen and oxygen atoms in total. The van der Waals surface area contributed by atoms with Crippen molar-refractivity contribution in [3.05, 3.63) is 30.1 Å². The van der Waals surface area contributed by atoms with Crippen molar-refractivity contribution < 1.29 is 29.3 Å². The van der Waals surface area contributed by atoms with E-state index < -0.39 is 44.0 Å². The molecule has 1 aromatic rings. The van der Waals surface area contributed by atoms with Crippen LogP contribution in [-0.4, -0.2) is 38.1 Å². The third kappa shape index (κ3) is 5.63. The molecule has 4 N–H and O–H groups in total. The van der Waals surface area contributed by atoms with Crippen LogP contribution < -0.4 is 5.09 Å². The SMILES string of the molecule is CC(c1ccncc1)P(=O)(O)NC(CC(=O)O)CC(=O)O. The van der Waals surface area contributed by atoms with E-state index in [1.165, 1.54) is 19.3 Å². The molecule has 21 heavy (non-hydrogen) atoms. The van der Waals surface area contributed by atoms with Gasteiger partial charge in [0.15, 0.2) is 0 Å². The van der Waals surface area contributed by atoms with Crippen molar-refractivity contribution in [3.8, 4) is 0 Å². The van der Waals surface area contributed by atoms with Crippen molar-refractivity contribution in [2.45, 2.75) is 31.5 Å². The van der Waals surface area contributed by atoms with Gasteiger partial charge in [-0.05, 0) is 24.6 Å². The second-order valence-corrected chi connectivity index (χ2v) is 6.88. The van der Waals surface area contributed by atoms with Crippen LogP contribution >= 0.6 is 7.52 Å². The number of nitrogens with one attached hydrogen (secondary N) is 1. The van der Waals surface area contributed by atoms with Crippen LogP contribution in [0, 0.1) is 0 Å². The summed E-state index contributed by atoms with van der Waals surface area (Å²) in [6.45, 7) is 1.50. The number of carbonyl (C=O) groups is 2. The molecule has 0 aromatic carbocycles. The Bertz CT molecular complexity index is 534. The number of carboxylic acid groups (broad SMARTS) is 2. The van der Waals surface area contributed by atoms with E-state index in [4.69, 9.17) is 10.2 Å². The van der Waals surface area contributed by atoms with Crippen molar-refractivity contribution >= 4 is 19.5 Å². The summed E-state index contributed by atoms with van der Waals surface area (Å²) in [6.07, 6.45) is 1.83. The molecule has 0 radical (unpaired) electrons. The van der Waals surface area contributed by atoms with E-state index in [0.29, 0.717) is 5.56 Å². The van der Waals surface area contributed by atoms with Crippen LogP contribution in [0.4, 0.5) is 0 Å². The first-order valence-electron chi connectivity index (χ1n) is 6.16. The number of hydrogen-bond acceptors (Lipinski definition) is 4. The highest BCUT2D eigenvalue weighted by atomic mass is 31.2. The Balaban J connectivity index is 2.86. The molecule has 2 unspecified atom stereocenters. The highest BCUT2D eigenvalue weighted by molar-refractivity contribution is 7.56. The van der Waals surface area contributed by atoms with E-state index in [-0.39, 0.29) is 0 Å². The predicted octanol–water partition coefficient (Wildman–Crippen LogP) is 1.24. The summed E-state index contributed by atoms with van der Waals surface area (Å²) < 4.78 is 12.3. The topological polar surface area (TPSA) is 137 Å². The zero-order valence-electron chi connectivity index (χ0n) is 11.3. The molecule has 0 saturated heterocycles. The minimum atomic E-state index is -3.98. The van der Waals surface area contributed by atoms with Crippen LogP contribution in [0.15, 0.2) is 24.5 Å². The lowest BCUT2D eigenvalue weighted by Gasteiger charge is -2.24. The van der Waals surface area contributed by atoms with E-state index in [1.807, 2.05) is 0 Å². The summed E-state index contributed by atoms with van der Waals surface area (Å²) in [7, 11) is -3.98. The summed E-state index contributed by atoms with van der Waals surface area (Å²) in [5, 5.41) is 19.8. The predicted molar refractivity (Wildman–Crippen MR) is 73.9 cm³/mol. The van der Waals surface area contributed by atoms with Gasteiger partial charge < -0.3 is 15.1 Å². The number of hydrogen-bond donors (Lipinski definition) is 4. The molecule has 0 saturated carbocycles. The summed E-state index contributed by atoms with van der Waals surface area (Å²) in [4.78, 5) is 35.3. The van der Waals surface area contributed by atoms with Gasteiger partial charge in [0.1, 0.15) is 0 Å². The minimum absolute atomic E-state index is 0.549. The first-order chi connectivity index (χ1) is 9.72. The van der Waals surface area contributed by atoms with Gasteiger partial charge in [0.05, 0.1) is 18.5 Å². The van der Waals surface area contributed by atoms with Crippen molar-refractivity contribution in [1.29, 1.82) is 0 Å². The Hall–Kier alpha value is -1.76. The molecule has 0 aliphatic carbocycles. The van der Waals surface area contributed by atoms with E-state index in [0.717, 1.165) is 0 Å². The standard InChI is InChI=1S/C12H17N2O6P/c1-8(9-2-4-13-5-3-9)21(19,20)14-10(6-11(15)16)7-12(17)18/h2-5,8,10H,6-7H2,1H3,(H,15,16)(H,17,18)(H2,14,19,20). The van der Waals surface area contributed by atoms with Gasteiger partial charge in [-0.1, -0.05) is 0 Å². The molecule has 0 spiro atoms. The summed E-state index contributed by atoms with van der Waals surface area (Å²) in [5.74, 6) is -2.49. The second kappa shape index (κ2) is 7.31. The van der Waals surface area contributed by atoms with E-state index in [9.17, 15) is 19.0 Å². The second-order valence-electron chi connectivity index (χ2n) is 4.60. The molecule has 9 heteroatoms. The highest BCUT2D eigenvalue weighted by Gasteiger charge is 2.32. The van der Waals surface area contributed by atoms with Crippen molar-refractivity contribution in [2.24, 2.45) is 0 Å². The fourth-order valence-electron chi connectivity index (χ4n) is 1.80. The van der Waals surface area contributed by atoms with Crippen LogP contribution in [0.2, 0.25) is 0 Å². The third-order valence-corrected chi connectivity index (χ3v) is 5.01. The molecule has 0 fully saturated rings. The fraction of sp³-hybridized carbons (Fsp3) is 0.417. The highest BCUT2D eigenvalue weighted by Crippen LogP contribution is 2.52. The smallest absolute Gasteiger partial charge is 0.304 e. The number of pyridine rings is 1. The van der Waals surface area contributed by atoms with Gasteiger partial charge in [-0.15, -0.1) is 0 Å². The van der Waals surface area contributed by atoms with Crippen LogP contribution in [0.1, 0.15) is 31.0 Å². The maximum atomic E-state index is 12.3. The summed E-state index contributed by atoms with van der Waals surface area (Å²) >= 11 is 0. The van der Waals surface area contributed by atoms with Crippen LogP contribution in [0.5, 0.6) is 0 Å². The largest absolute Gasteiger partial charge is 0.481 e. The fourth-order valence-corrected chi connectivity index (χ4v) is 3.31. The van der Waals surface area contributed by atoms with Gasteiger partial charge >= 0.3 is 11.9 Å². The number of carboxylic acids is 2. The van der Waals surface area contributed by atoms with E-state index >= 15 is 0 Å². The zero-order valence-corrected chi connectivity index (χ0v) is 12.2. The monoisotopic (exact) mass is 316 g/mol. The lowest BCUT2D eigenvalue weighted by atomic mass is 10.1. The number of rotatable bonds is 8. The number of nitrogens with zero attached hydrogens (tertiary/aromatic N) is 1. The lowest BCUT2D eigenvalue weighted by Crippen LogP contribution is -2.32. The van der Waals surface area contributed by atoms with Crippen molar-refractivity contribution in [2.75, 3.05) is 0 Å².